The van der Waals surface area contributed by atoms with Gasteiger partial charge in [0.05, 0.1) is 0 Å². The Balaban J connectivity index is 1.75. The lowest BCUT2D eigenvalue weighted by atomic mass is 9.75. The molecule has 0 bridgehead atoms. The van der Waals surface area contributed by atoms with Crippen LogP contribution in [-0.4, -0.2) is 6.04 Å². The topological polar surface area (TPSA) is 38.0 Å². The van der Waals surface area contributed by atoms with Crippen molar-refractivity contribution in [3.8, 4) is 0 Å². The summed E-state index contributed by atoms with van der Waals surface area (Å²) in [6.07, 6.45) is 7.81. The molecular weight excluding hydrogens is 276 g/mol. The van der Waals surface area contributed by atoms with Crippen molar-refractivity contribution in [2.24, 2.45) is 17.7 Å². The standard InChI is InChI=1S/C18H26N2S/c1-2-13-6-5-7-14(10-13)17(20-19)11-15-12-21-18-9-4-3-8-16(15)18/h3-4,8-9,12-14,17,20H,2,5-7,10-11,19H2,1H3. The van der Waals surface area contributed by atoms with Crippen molar-refractivity contribution in [3.05, 3.63) is 35.2 Å². The third-order valence-corrected chi connectivity index (χ3v) is 6.20. The molecule has 1 heterocycles. The second kappa shape index (κ2) is 6.91. The number of fused-ring (bicyclic) bond motifs is 1. The molecule has 2 nitrogen and oxygen atoms in total. The van der Waals surface area contributed by atoms with Crippen LogP contribution in [-0.2, 0) is 6.42 Å². The number of nitrogens with two attached hydrogens (primary N) is 1. The molecule has 0 radical (unpaired) electrons. The van der Waals surface area contributed by atoms with Gasteiger partial charge in [-0.05, 0) is 53.5 Å². The van der Waals surface area contributed by atoms with Gasteiger partial charge in [0.25, 0.3) is 0 Å². The van der Waals surface area contributed by atoms with Crippen LogP contribution in [0.3, 0.4) is 0 Å². The van der Waals surface area contributed by atoms with Crippen LogP contribution in [0.15, 0.2) is 29.6 Å². The van der Waals surface area contributed by atoms with Gasteiger partial charge in [-0.3, -0.25) is 11.3 Å². The number of hydrogen-bond donors (Lipinski definition) is 2. The zero-order chi connectivity index (χ0) is 14.7. The Hall–Kier alpha value is -0.900. The first-order chi connectivity index (χ1) is 10.3. The molecule has 3 unspecified atom stereocenters. The Morgan fingerprint density at radius 3 is 3.00 bits per heavy atom. The van der Waals surface area contributed by atoms with Gasteiger partial charge in [-0.25, -0.2) is 0 Å². The lowest BCUT2D eigenvalue weighted by Crippen LogP contribution is -2.44. The highest BCUT2D eigenvalue weighted by Gasteiger charge is 2.27. The summed E-state index contributed by atoms with van der Waals surface area (Å²) in [5, 5.41) is 3.72. The van der Waals surface area contributed by atoms with Crippen molar-refractivity contribution in [2.45, 2.75) is 51.5 Å². The summed E-state index contributed by atoms with van der Waals surface area (Å²) in [5.74, 6) is 7.54. The number of rotatable bonds is 5. The number of hydrogen-bond acceptors (Lipinski definition) is 3. The van der Waals surface area contributed by atoms with E-state index in [9.17, 15) is 0 Å². The fourth-order valence-corrected chi connectivity index (χ4v) is 4.83. The van der Waals surface area contributed by atoms with Crippen molar-refractivity contribution in [1.82, 2.24) is 5.43 Å². The van der Waals surface area contributed by atoms with Crippen LogP contribution < -0.4 is 11.3 Å². The summed E-state index contributed by atoms with van der Waals surface area (Å²) in [4.78, 5) is 0. The van der Waals surface area contributed by atoms with Gasteiger partial charge in [-0.2, -0.15) is 0 Å². The second-order valence-electron chi connectivity index (χ2n) is 6.44. The van der Waals surface area contributed by atoms with Crippen molar-refractivity contribution < 1.29 is 0 Å². The molecule has 21 heavy (non-hydrogen) atoms. The Kier molecular flexibility index (Phi) is 4.94. The molecule has 114 valence electrons. The van der Waals surface area contributed by atoms with E-state index in [4.69, 9.17) is 5.84 Å². The summed E-state index contributed by atoms with van der Waals surface area (Å²) < 4.78 is 1.39. The molecule has 0 spiro atoms. The van der Waals surface area contributed by atoms with Gasteiger partial charge < -0.3 is 0 Å². The Morgan fingerprint density at radius 1 is 1.33 bits per heavy atom. The Bertz CT molecular complexity index is 577. The summed E-state index contributed by atoms with van der Waals surface area (Å²) in [6.45, 7) is 2.32. The van der Waals surface area contributed by atoms with Gasteiger partial charge in [-0.1, -0.05) is 44.4 Å². The molecule has 1 saturated carbocycles. The smallest absolute Gasteiger partial charge is 0.0345 e. The van der Waals surface area contributed by atoms with E-state index in [0.29, 0.717) is 6.04 Å². The van der Waals surface area contributed by atoms with E-state index in [0.717, 1.165) is 18.3 Å². The lowest BCUT2D eigenvalue weighted by Gasteiger charge is -2.34. The fourth-order valence-electron chi connectivity index (χ4n) is 3.86. The van der Waals surface area contributed by atoms with E-state index in [-0.39, 0.29) is 0 Å². The molecule has 0 aliphatic heterocycles. The van der Waals surface area contributed by atoms with Crippen molar-refractivity contribution in [1.29, 1.82) is 0 Å². The van der Waals surface area contributed by atoms with Crippen LogP contribution >= 0.6 is 11.3 Å². The highest BCUT2D eigenvalue weighted by atomic mass is 32.1. The van der Waals surface area contributed by atoms with Crippen LogP contribution in [0.1, 0.15) is 44.6 Å². The monoisotopic (exact) mass is 302 g/mol. The first-order valence-corrected chi connectivity index (χ1v) is 9.11. The highest BCUT2D eigenvalue weighted by Crippen LogP contribution is 2.35. The molecule has 0 amide bonds. The van der Waals surface area contributed by atoms with E-state index in [1.165, 1.54) is 47.8 Å². The maximum atomic E-state index is 5.90. The second-order valence-corrected chi connectivity index (χ2v) is 7.35. The molecular formula is C18H26N2S. The Labute approximate surface area is 131 Å². The van der Waals surface area contributed by atoms with E-state index in [1.54, 1.807) is 0 Å². The van der Waals surface area contributed by atoms with Crippen molar-refractivity contribution in [2.75, 3.05) is 0 Å². The normalized spacial score (nSPS) is 24.3. The summed E-state index contributed by atoms with van der Waals surface area (Å²) in [6, 6.07) is 9.12. The molecule has 3 rings (SSSR count). The van der Waals surface area contributed by atoms with Crippen LogP contribution in [0.5, 0.6) is 0 Å². The molecule has 1 aromatic heterocycles. The number of thiophene rings is 1. The minimum absolute atomic E-state index is 0.414. The first kappa shape index (κ1) is 15.0. The van der Waals surface area contributed by atoms with E-state index >= 15 is 0 Å². The van der Waals surface area contributed by atoms with Gasteiger partial charge in [0.15, 0.2) is 0 Å². The molecule has 3 heteroatoms. The molecule has 2 aromatic rings. The highest BCUT2D eigenvalue weighted by molar-refractivity contribution is 7.17. The molecule has 0 saturated heterocycles. The minimum atomic E-state index is 0.414. The quantitative estimate of drug-likeness (QED) is 0.631. The van der Waals surface area contributed by atoms with Crippen LogP contribution in [0.4, 0.5) is 0 Å². The predicted molar refractivity (Wildman–Crippen MR) is 92.4 cm³/mol. The molecule has 3 atom stereocenters. The lowest BCUT2D eigenvalue weighted by molar-refractivity contribution is 0.208. The zero-order valence-electron chi connectivity index (χ0n) is 12.8. The zero-order valence-corrected chi connectivity index (χ0v) is 13.7. The maximum absolute atomic E-state index is 5.90. The fraction of sp³-hybridized carbons (Fsp3) is 0.556. The van der Waals surface area contributed by atoms with Gasteiger partial charge >= 0.3 is 0 Å². The molecule has 1 aromatic carbocycles. The van der Waals surface area contributed by atoms with Crippen molar-refractivity contribution >= 4 is 21.4 Å². The van der Waals surface area contributed by atoms with Gasteiger partial charge in [0, 0.05) is 10.7 Å². The van der Waals surface area contributed by atoms with Gasteiger partial charge in [0.1, 0.15) is 0 Å². The Morgan fingerprint density at radius 2 is 2.19 bits per heavy atom. The van der Waals surface area contributed by atoms with E-state index in [1.807, 2.05) is 11.3 Å². The maximum Gasteiger partial charge on any atom is 0.0345 e. The molecule has 1 aliphatic carbocycles. The third-order valence-electron chi connectivity index (χ3n) is 5.18. The summed E-state index contributed by atoms with van der Waals surface area (Å²) in [5.41, 5.74) is 4.58. The number of benzene rings is 1. The van der Waals surface area contributed by atoms with Crippen LogP contribution in [0.2, 0.25) is 0 Å². The van der Waals surface area contributed by atoms with Crippen molar-refractivity contribution in [3.63, 3.8) is 0 Å². The first-order valence-electron chi connectivity index (χ1n) is 8.23. The number of nitrogens with one attached hydrogen (secondary N) is 1. The minimum Gasteiger partial charge on any atom is -0.271 e. The largest absolute Gasteiger partial charge is 0.271 e. The molecule has 3 N–H and O–H groups in total. The molecule has 1 fully saturated rings. The van der Waals surface area contributed by atoms with E-state index < -0.39 is 0 Å². The predicted octanol–water partition coefficient (Wildman–Crippen LogP) is 4.49. The summed E-state index contributed by atoms with van der Waals surface area (Å²) in [7, 11) is 0. The summed E-state index contributed by atoms with van der Waals surface area (Å²) >= 11 is 1.85. The average molecular weight is 302 g/mol. The third kappa shape index (κ3) is 3.31. The van der Waals surface area contributed by atoms with Gasteiger partial charge in [-0.15, -0.1) is 11.3 Å². The SMILES string of the molecule is CCC1CCCC(C(Cc2csc3ccccc23)NN)C1. The van der Waals surface area contributed by atoms with E-state index in [2.05, 4.69) is 42.0 Å². The number of hydrazine groups is 1. The average Bonchev–Trinajstić information content (AvgIpc) is 2.95. The van der Waals surface area contributed by atoms with Gasteiger partial charge in [0.2, 0.25) is 0 Å². The molecule has 1 aliphatic rings. The van der Waals surface area contributed by atoms with Crippen LogP contribution in [0.25, 0.3) is 10.1 Å². The van der Waals surface area contributed by atoms with Crippen LogP contribution in [0, 0.1) is 11.8 Å².